The fourth-order valence-corrected chi connectivity index (χ4v) is 4.01. The van der Waals surface area contributed by atoms with Crippen LogP contribution in [0.5, 0.6) is 0 Å². The van der Waals surface area contributed by atoms with Gasteiger partial charge in [0.2, 0.25) is 15.9 Å². The number of benzene rings is 1. The van der Waals surface area contributed by atoms with E-state index in [0.29, 0.717) is 25.9 Å². The highest BCUT2D eigenvalue weighted by Gasteiger charge is 2.26. The van der Waals surface area contributed by atoms with Crippen LogP contribution in [-0.4, -0.2) is 44.9 Å². The summed E-state index contributed by atoms with van der Waals surface area (Å²) in [6, 6.07) is 7.88. The molecule has 0 aliphatic carbocycles. The first-order valence-corrected chi connectivity index (χ1v) is 11.2. The molecule has 1 heterocycles. The minimum Gasteiger partial charge on any atom is -0.341 e. The molecular formula is C21H31N3O3S. The Kier molecular flexibility index (Phi) is 7.83. The van der Waals surface area contributed by atoms with E-state index in [1.807, 2.05) is 47.2 Å². The fraction of sp³-hybridized carbons (Fsp3) is 0.476. The molecule has 154 valence electrons. The van der Waals surface area contributed by atoms with Crippen molar-refractivity contribution < 1.29 is 13.2 Å². The molecule has 0 bridgehead atoms. The quantitative estimate of drug-likeness (QED) is 0.721. The predicted octanol–water partition coefficient (Wildman–Crippen LogP) is 3.17. The van der Waals surface area contributed by atoms with Crippen LogP contribution in [0.15, 0.2) is 48.0 Å². The van der Waals surface area contributed by atoms with Gasteiger partial charge >= 0.3 is 0 Å². The van der Waals surface area contributed by atoms with Gasteiger partial charge in [0.15, 0.2) is 0 Å². The molecule has 7 heteroatoms. The zero-order valence-corrected chi connectivity index (χ0v) is 17.8. The van der Waals surface area contributed by atoms with Crippen molar-refractivity contribution in [3.63, 3.8) is 0 Å². The highest BCUT2D eigenvalue weighted by atomic mass is 32.2. The predicted molar refractivity (Wildman–Crippen MR) is 114 cm³/mol. The van der Waals surface area contributed by atoms with Crippen LogP contribution in [0.3, 0.4) is 0 Å². The molecule has 1 aromatic rings. The number of likely N-dealkylation sites (tertiary alicyclic amines) is 1. The second kappa shape index (κ2) is 9.89. The first kappa shape index (κ1) is 22.2. The summed E-state index contributed by atoms with van der Waals surface area (Å²) in [6.45, 7) is 10.9. The van der Waals surface area contributed by atoms with Gasteiger partial charge in [-0.05, 0) is 44.7 Å². The molecule has 0 radical (unpaired) electrons. The van der Waals surface area contributed by atoms with Crippen LogP contribution in [-0.2, 0) is 14.8 Å². The van der Waals surface area contributed by atoms with Crippen molar-refractivity contribution in [3.05, 3.63) is 53.6 Å². The van der Waals surface area contributed by atoms with E-state index < -0.39 is 10.0 Å². The summed E-state index contributed by atoms with van der Waals surface area (Å²) in [5.74, 6) is 0.0495. The van der Waals surface area contributed by atoms with Crippen LogP contribution in [0.4, 0.5) is 5.69 Å². The number of carbonyl (C=O) groups is 1. The van der Waals surface area contributed by atoms with E-state index in [-0.39, 0.29) is 18.5 Å². The Morgan fingerprint density at radius 1 is 1.32 bits per heavy atom. The number of carbonyl (C=O) groups excluding carboxylic acids is 1. The van der Waals surface area contributed by atoms with Crippen molar-refractivity contribution in [1.82, 2.24) is 9.62 Å². The molecule has 0 aromatic heterocycles. The average molecular weight is 406 g/mol. The van der Waals surface area contributed by atoms with Gasteiger partial charge in [0.25, 0.3) is 0 Å². The number of hydrogen-bond donors (Lipinski definition) is 1. The average Bonchev–Trinajstić information content (AvgIpc) is 2.68. The molecule has 1 aliphatic rings. The molecule has 0 unspecified atom stereocenters. The third-order valence-electron chi connectivity index (χ3n) is 5.06. The van der Waals surface area contributed by atoms with Crippen molar-refractivity contribution in [1.29, 1.82) is 0 Å². The van der Waals surface area contributed by atoms with Crippen LogP contribution in [0.1, 0.15) is 38.7 Å². The van der Waals surface area contributed by atoms with Crippen molar-refractivity contribution in [2.75, 3.05) is 24.5 Å². The molecule has 1 N–H and O–H groups in total. The summed E-state index contributed by atoms with van der Waals surface area (Å²) in [5, 5.41) is 0.924. The summed E-state index contributed by atoms with van der Waals surface area (Å²) in [6.07, 6.45) is 4.18. The molecule has 2 rings (SSSR count). The fourth-order valence-electron chi connectivity index (χ4n) is 3.22. The molecule has 6 nitrogen and oxygen atoms in total. The Balaban J connectivity index is 2.04. The van der Waals surface area contributed by atoms with E-state index in [0.717, 1.165) is 23.1 Å². The molecule has 1 saturated heterocycles. The zero-order chi connectivity index (χ0) is 20.7. The Labute approximate surface area is 169 Å². The number of allylic oxidation sites excluding steroid dienone is 1. The van der Waals surface area contributed by atoms with Crippen LogP contribution in [0.2, 0.25) is 0 Å². The van der Waals surface area contributed by atoms with E-state index in [9.17, 15) is 13.2 Å². The second-order valence-corrected chi connectivity index (χ2v) is 8.89. The highest BCUT2D eigenvalue weighted by Crippen LogP contribution is 2.22. The molecule has 0 saturated carbocycles. The maximum atomic E-state index is 12.9. The number of nitrogens with one attached hydrogen (secondary N) is 1. The summed E-state index contributed by atoms with van der Waals surface area (Å²) in [4.78, 5) is 16.7. The van der Waals surface area contributed by atoms with Crippen LogP contribution < -0.4 is 9.62 Å². The first-order valence-electron chi connectivity index (χ1n) is 9.68. The number of sulfonamides is 1. The normalized spacial score (nSPS) is 16.1. The molecule has 1 aliphatic heterocycles. The number of piperidine rings is 1. The smallest absolute Gasteiger partial charge is 0.242 e. The van der Waals surface area contributed by atoms with Gasteiger partial charge in [-0.1, -0.05) is 37.3 Å². The van der Waals surface area contributed by atoms with E-state index in [4.69, 9.17) is 0 Å². The molecule has 0 spiro atoms. The largest absolute Gasteiger partial charge is 0.341 e. The van der Waals surface area contributed by atoms with Gasteiger partial charge in [-0.25, -0.2) is 13.1 Å². The van der Waals surface area contributed by atoms with Crippen molar-refractivity contribution in [3.8, 4) is 0 Å². The summed E-state index contributed by atoms with van der Waals surface area (Å²) < 4.78 is 25.9. The summed E-state index contributed by atoms with van der Waals surface area (Å²) in [5.41, 5.74) is 3.35. The number of aryl methyl sites for hydroxylation is 1. The van der Waals surface area contributed by atoms with Crippen molar-refractivity contribution >= 4 is 21.6 Å². The maximum Gasteiger partial charge on any atom is 0.242 e. The lowest BCUT2D eigenvalue weighted by atomic mass is 10.1. The van der Waals surface area contributed by atoms with E-state index in [2.05, 4.69) is 25.1 Å². The third kappa shape index (κ3) is 6.21. The van der Waals surface area contributed by atoms with Crippen LogP contribution in [0, 0.1) is 6.92 Å². The minimum absolute atomic E-state index is 0.0495. The van der Waals surface area contributed by atoms with Gasteiger partial charge < -0.3 is 9.80 Å². The number of amides is 1. The first-order chi connectivity index (χ1) is 13.3. The van der Waals surface area contributed by atoms with Gasteiger partial charge in [-0.3, -0.25) is 4.79 Å². The monoisotopic (exact) mass is 405 g/mol. The minimum atomic E-state index is -3.44. The number of anilines is 1. The summed E-state index contributed by atoms with van der Waals surface area (Å²) >= 11 is 0. The van der Waals surface area contributed by atoms with E-state index in [1.54, 1.807) is 0 Å². The summed E-state index contributed by atoms with van der Waals surface area (Å²) in [7, 11) is -3.44. The van der Waals surface area contributed by atoms with Crippen molar-refractivity contribution in [2.24, 2.45) is 0 Å². The molecular weight excluding hydrogens is 374 g/mol. The molecule has 0 atom stereocenters. The second-order valence-electron chi connectivity index (χ2n) is 7.23. The number of rotatable bonds is 8. The lowest BCUT2D eigenvalue weighted by Gasteiger charge is -2.33. The number of nitrogens with zero attached hydrogens (tertiary/aromatic N) is 2. The Bertz CT molecular complexity index is 825. The van der Waals surface area contributed by atoms with Gasteiger partial charge in [0.05, 0.1) is 0 Å². The van der Waals surface area contributed by atoms with Crippen LogP contribution >= 0.6 is 0 Å². The van der Waals surface area contributed by atoms with E-state index >= 15 is 0 Å². The topological polar surface area (TPSA) is 69.7 Å². The number of para-hydroxylation sites is 1. The van der Waals surface area contributed by atoms with Crippen molar-refractivity contribution in [2.45, 2.75) is 46.1 Å². The molecule has 1 fully saturated rings. The van der Waals surface area contributed by atoms with Gasteiger partial charge in [0, 0.05) is 36.4 Å². The Morgan fingerprint density at radius 3 is 2.54 bits per heavy atom. The zero-order valence-electron chi connectivity index (χ0n) is 17.0. The van der Waals surface area contributed by atoms with Crippen LogP contribution in [0.25, 0.3) is 0 Å². The standard InChI is InChI=1S/C21H31N3O3S/c1-5-17(3)15-24(20-10-8-7-9-18(20)4)16-21(25)23-13-11-19(12-14-23)22-28(26,27)6-2/h6-10,15,19,22H,2,5,11-14,16H2,1,3-4H3. The van der Waals surface area contributed by atoms with Gasteiger partial charge in [0.1, 0.15) is 6.54 Å². The third-order valence-corrected chi connectivity index (χ3v) is 6.16. The lowest BCUT2D eigenvalue weighted by Crippen LogP contribution is -2.48. The highest BCUT2D eigenvalue weighted by molar-refractivity contribution is 7.92. The molecule has 28 heavy (non-hydrogen) atoms. The number of hydrogen-bond acceptors (Lipinski definition) is 4. The lowest BCUT2D eigenvalue weighted by molar-refractivity contribution is -0.130. The SMILES string of the molecule is C=CS(=O)(=O)NC1CCN(C(=O)CN(C=C(C)CC)c2ccccc2C)CC1. The van der Waals surface area contributed by atoms with Gasteiger partial charge in [-0.2, -0.15) is 0 Å². The molecule has 1 amide bonds. The molecule has 1 aromatic carbocycles. The maximum absolute atomic E-state index is 12.9. The Hall–Kier alpha value is -2.12. The van der Waals surface area contributed by atoms with E-state index in [1.165, 1.54) is 5.57 Å². The Morgan fingerprint density at radius 2 is 1.96 bits per heavy atom. The van der Waals surface area contributed by atoms with Gasteiger partial charge in [-0.15, -0.1) is 0 Å².